The summed E-state index contributed by atoms with van der Waals surface area (Å²) in [6.07, 6.45) is 5.86. The molecule has 92 valence electrons. The summed E-state index contributed by atoms with van der Waals surface area (Å²) in [5, 5.41) is 0. The number of carbonyl (C=O) groups is 1. The quantitative estimate of drug-likeness (QED) is 0.861. The molecule has 17 heavy (non-hydrogen) atoms. The summed E-state index contributed by atoms with van der Waals surface area (Å²) in [6, 6.07) is 3.65. The molecule has 1 saturated heterocycles. The highest BCUT2D eigenvalue weighted by molar-refractivity contribution is 5.82. The van der Waals surface area contributed by atoms with E-state index in [-0.39, 0.29) is 11.9 Å². The van der Waals surface area contributed by atoms with E-state index < -0.39 is 0 Å². The third-order valence-corrected chi connectivity index (χ3v) is 3.04. The molecular formula is C13H18N2O2. The zero-order valence-corrected chi connectivity index (χ0v) is 9.89. The second-order valence-corrected chi connectivity index (χ2v) is 4.46. The van der Waals surface area contributed by atoms with Crippen LogP contribution in [0.25, 0.3) is 0 Å². The van der Waals surface area contributed by atoms with Crippen LogP contribution in [-0.4, -0.2) is 23.5 Å². The number of nitrogen functional groups attached to an aromatic ring is 1. The number of pyridine rings is 1. The van der Waals surface area contributed by atoms with Crippen LogP contribution in [-0.2, 0) is 16.0 Å². The molecule has 0 radical (unpaired) electrons. The van der Waals surface area contributed by atoms with Crippen LogP contribution in [0.4, 0.5) is 5.82 Å². The molecule has 0 amide bonds. The van der Waals surface area contributed by atoms with Gasteiger partial charge in [0.05, 0.1) is 6.10 Å². The van der Waals surface area contributed by atoms with Crippen molar-refractivity contribution in [2.24, 2.45) is 0 Å². The first-order valence-corrected chi connectivity index (χ1v) is 6.08. The van der Waals surface area contributed by atoms with Gasteiger partial charge in [-0.15, -0.1) is 0 Å². The monoisotopic (exact) mass is 234 g/mol. The zero-order valence-electron chi connectivity index (χ0n) is 9.89. The first kappa shape index (κ1) is 12.0. The van der Waals surface area contributed by atoms with Gasteiger partial charge < -0.3 is 10.5 Å². The Labute approximate surface area is 101 Å². The van der Waals surface area contributed by atoms with Crippen molar-refractivity contribution in [2.75, 3.05) is 12.3 Å². The molecule has 4 nitrogen and oxygen atoms in total. The molecule has 1 unspecified atom stereocenters. The minimum Gasteiger partial charge on any atom is -0.383 e. The Morgan fingerprint density at radius 3 is 3.12 bits per heavy atom. The first-order valence-electron chi connectivity index (χ1n) is 6.08. The minimum absolute atomic E-state index is 0.106. The number of hydrogen-bond acceptors (Lipinski definition) is 4. The Kier molecular flexibility index (Phi) is 4.09. The molecule has 1 atom stereocenters. The second kappa shape index (κ2) is 5.77. The number of rotatable bonds is 4. The van der Waals surface area contributed by atoms with Crippen LogP contribution < -0.4 is 5.73 Å². The molecule has 2 rings (SSSR count). The normalized spacial score (nSPS) is 20.1. The molecule has 0 aromatic carbocycles. The Morgan fingerprint density at radius 2 is 2.41 bits per heavy atom. The van der Waals surface area contributed by atoms with Crippen LogP contribution >= 0.6 is 0 Å². The Bertz CT molecular complexity index is 387. The number of hydrogen-bond donors (Lipinski definition) is 1. The number of anilines is 1. The van der Waals surface area contributed by atoms with Crippen molar-refractivity contribution >= 4 is 11.6 Å². The SMILES string of the molecule is Nc1ncccc1CC(=O)CC1CCCCO1. The highest BCUT2D eigenvalue weighted by Gasteiger charge is 2.18. The standard InChI is InChI=1S/C13H18N2O2/c14-13-10(4-3-6-15-13)8-11(16)9-12-5-1-2-7-17-12/h3-4,6,12H,1-2,5,7-9H2,(H2,14,15). The van der Waals surface area contributed by atoms with Gasteiger partial charge in [-0.05, 0) is 25.3 Å². The largest absolute Gasteiger partial charge is 0.383 e. The summed E-state index contributed by atoms with van der Waals surface area (Å²) >= 11 is 0. The molecule has 2 N–H and O–H groups in total. The number of ether oxygens (including phenoxy) is 1. The predicted molar refractivity (Wildman–Crippen MR) is 65.6 cm³/mol. The number of nitrogens with zero attached hydrogens (tertiary/aromatic N) is 1. The van der Waals surface area contributed by atoms with Gasteiger partial charge in [0.2, 0.25) is 0 Å². The molecule has 0 aliphatic carbocycles. The topological polar surface area (TPSA) is 65.2 Å². The summed E-state index contributed by atoms with van der Waals surface area (Å²) in [6.45, 7) is 0.785. The highest BCUT2D eigenvalue weighted by atomic mass is 16.5. The first-order chi connectivity index (χ1) is 8.25. The third-order valence-electron chi connectivity index (χ3n) is 3.04. The molecule has 2 heterocycles. The second-order valence-electron chi connectivity index (χ2n) is 4.46. The van der Waals surface area contributed by atoms with Crippen LogP contribution in [0, 0.1) is 0 Å². The fraction of sp³-hybridized carbons (Fsp3) is 0.538. The molecular weight excluding hydrogens is 216 g/mol. The zero-order chi connectivity index (χ0) is 12.1. The average Bonchev–Trinajstić information content (AvgIpc) is 2.33. The average molecular weight is 234 g/mol. The Morgan fingerprint density at radius 1 is 1.53 bits per heavy atom. The third kappa shape index (κ3) is 3.53. The smallest absolute Gasteiger partial charge is 0.139 e. The van der Waals surface area contributed by atoms with E-state index in [0.717, 1.165) is 31.4 Å². The van der Waals surface area contributed by atoms with Gasteiger partial charge in [-0.1, -0.05) is 6.07 Å². The molecule has 0 spiro atoms. The van der Waals surface area contributed by atoms with E-state index in [1.165, 1.54) is 0 Å². The van der Waals surface area contributed by atoms with Crippen LogP contribution in [0.2, 0.25) is 0 Å². The molecule has 1 aliphatic heterocycles. The van der Waals surface area contributed by atoms with Gasteiger partial charge in [-0.2, -0.15) is 0 Å². The summed E-state index contributed by atoms with van der Waals surface area (Å²) < 4.78 is 5.55. The van der Waals surface area contributed by atoms with Crippen LogP contribution in [0.15, 0.2) is 18.3 Å². The summed E-state index contributed by atoms with van der Waals surface area (Å²) in [4.78, 5) is 15.8. The molecule has 0 bridgehead atoms. The van der Waals surface area contributed by atoms with Crippen molar-refractivity contribution < 1.29 is 9.53 Å². The maximum Gasteiger partial charge on any atom is 0.139 e. The van der Waals surface area contributed by atoms with Crippen molar-refractivity contribution in [1.82, 2.24) is 4.98 Å². The van der Waals surface area contributed by atoms with E-state index >= 15 is 0 Å². The summed E-state index contributed by atoms with van der Waals surface area (Å²) in [5.41, 5.74) is 6.52. The van der Waals surface area contributed by atoms with E-state index in [1.54, 1.807) is 12.3 Å². The minimum atomic E-state index is 0.106. The van der Waals surface area contributed by atoms with Gasteiger partial charge in [-0.3, -0.25) is 4.79 Å². The molecule has 1 fully saturated rings. The Balaban J connectivity index is 1.86. The summed E-state index contributed by atoms with van der Waals surface area (Å²) in [5.74, 6) is 0.627. The molecule has 0 saturated carbocycles. The van der Waals surface area contributed by atoms with Gasteiger partial charge in [0.25, 0.3) is 0 Å². The van der Waals surface area contributed by atoms with E-state index in [0.29, 0.717) is 18.7 Å². The van der Waals surface area contributed by atoms with Crippen molar-refractivity contribution in [3.8, 4) is 0 Å². The van der Waals surface area contributed by atoms with Crippen LogP contribution in [0.5, 0.6) is 0 Å². The van der Waals surface area contributed by atoms with Gasteiger partial charge >= 0.3 is 0 Å². The van der Waals surface area contributed by atoms with E-state index in [9.17, 15) is 4.79 Å². The fourth-order valence-electron chi connectivity index (χ4n) is 2.11. The van der Waals surface area contributed by atoms with Crippen molar-refractivity contribution in [1.29, 1.82) is 0 Å². The molecule has 1 aromatic heterocycles. The lowest BCUT2D eigenvalue weighted by atomic mass is 10.0. The van der Waals surface area contributed by atoms with E-state index in [1.807, 2.05) is 6.07 Å². The lowest BCUT2D eigenvalue weighted by molar-refractivity contribution is -0.122. The van der Waals surface area contributed by atoms with E-state index in [2.05, 4.69) is 4.98 Å². The Hall–Kier alpha value is -1.42. The van der Waals surface area contributed by atoms with Crippen LogP contribution in [0.1, 0.15) is 31.2 Å². The molecule has 1 aliphatic rings. The number of ketones is 1. The van der Waals surface area contributed by atoms with Gasteiger partial charge in [0.15, 0.2) is 0 Å². The number of nitrogens with two attached hydrogens (primary N) is 1. The van der Waals surface area contributed by atoms with Crippen molar-refractivity contribution in [2.45, 2.75) is 38.2 Å². The van der Waals surface area contributed by atoms with Gasteiger partial charge in [0.1, 0.15) is 11.6 Å². The van der Waals surface area contributed by atoms with Crippen LogP contribution in [0.3, 0.4) is 0 Å². The lowest BCUT2D eigenvalue weighted by Crippen LogP contribution is -2.23. The molecule has 1 aromatic rings. The van der Waals surface area contributed by atoms with Gasteiger partial charge in [0, 0.05) is 31.2 Å². The highest BCUT2D eigenvalue weighted by Crippen LogP contribution is 2.17. The van der Waals surface area contributed by atoms with Gasteiger partial charge in [-0.25, -0.2) is 4.98 Å². The predicted octanol–water partition coefficient (Wildman–Crippen LogP) is 1.73. The lowest BCUT2D eigenvalue weighted by Gasteiger charge is -2.21. The number of Topliss-reactive ketones (excluding diaryl/α,β-unsaturated/α-hetero) is 1. The van der Waals surface area contributed by atoms with Crippen molar-refractivity contribution in [3.05, 3.63) is 23.9 Å². The fourth-order valence-corrected chi connectivity index (χ4v) is 2.11. The van der Waals surface area contributed by atoms with E-state index in [4.69, 9.17) is 10.5 Å². The molecule has 4 heteroatoms. The maximum atomic E-state index is 11.9. The summed E-state index contributed by atoms with van der Waals surface area (Å²) in [7, 11) is 0. The number of aromatic nitrogens is 1. The number of carbonyl (C=O) groups excluding carboxylic acids is 1. The van der Waals surface area contributed by atoms with Crippen molar-refractivity contribution in [3.63, 3.8) is 0 Å². The maximum absolute atomic E-state index is 11.9.